The second-order valence-electron chi connectivity index (χ2n) is 21.7. The monoisotopic (exact) mass is 998 g/mol. The predicted octanol–water partition coefficient (Wildman–Crippen LogP) is 18.3. The minimum Gasteiger partial charge on any atom is -0.312 e. The number of fused-ring (bicyclic) bond motifs is 13. The van der Waals surface area contributed by atoms with E-state index in [1.807, 2.05) is 0 Å². The fraction of sp³-hybridized carbons (Fsp3) is 0.0833. The molecule has 4 heterocycles. The van der Waals surface area contributed by atoms with Crippen LogP contribution in [0, 0.1) is 22.7 Å². The van der Waals surface area contributed by atoms with Crippen LogP contribution in [0.3, 0.4) is 0 Å². The van der Waals surface area contributed by atoms with Gasteiger partial charge >= 0.3 is 0 Å². The van der Waals surface area contributed by atoms with Crippen LogP contribution in [0.4, 0.5) is 0 Å². The largest absolute Gasteiger partial charge is 0.312 e. The van der Waals surface area contributed by atoms with Gasteiger partial charge in [-0.05, 0) is 83.5 Å². The Kier molecular flexibility index (Phi) is 9.98. The summed E-state index contributed by atoms with van der Waals surface area (Å²) in [5.41, 5.74) is 17.9. The summed E-state index contributed by atoms with van der Waals surface area (Å²) in [6.45, 7) is 6.70. The van der Waals surface area contributed by atoms with Gasteiger partial charge in [0, 0.05) is 65.8 Å². The Morgan fingerprint density at radius 2 is 0.872 bits per heavy atom. The van der Waals surface area contributed by atoms with Crippen molar-refractivity contribution >= 4 is 82.4 Å². The maximum Gasteiger partial charge on any atom is 0.104 e. The van der Waals surface area contributed by atoms with Crippen molar-refractivity contribution in [3.05, 3.63) is 246 Å². The van der Waals surface area contributed by atoms with Gasteiger partial charge in [0.15, 0.2) is 0 Å². The van der Waals surface area contributed by atoms with Crippen molar-refractivity contribution in [1.82, 2.24) is 18.3 Å². The first kappa shape index (κ1) is 45.3. The van der Waals surface area contributed by atoms with E-state index in [0.29, 0.717) is 28.2 Å². The van der Waals surface area contributed by atoms with Crippen molar-refractivity contribution in [2.75, 3.05) is 0 Å². The van der Waals surface area contributed by atoms with E-state index < -0.39 is 0 Å². The molecule has 10 aromatic carbocycles. The van der Waals surface area contributed by atoms with Crippen LogP contribution in [0.25, 0.3) is 127 Å². The number of benzene rings is 10. The third-order valence-corrected chi connectivity index (χ3v) is 16.5. The first-order chi connectivity index (χ1) is 38.3. The topological polar surface area (TPSA) is 67.3 Å². The minimum absolute atomic E-state index is 0.126. The summed E-state index contributed by atoms with van der Waals surface area (Å²) < 4.78 is 9.40. The lowest BCUT2D eigenvalue weighted by Crippen LogP contribution is -2.14. The highest BCUT2D eigenvalue weighted by Crippen LogP contribution is 2.52. The molecule has 0 atom stereocenters. The van der Waals surface area contributed by atoms with Gasteiger partial charge in [0.2, 0.25) is 0 Å². The summed E-state index contributed by atoms with van der Waals surface area (Å²) in [5, 5.41) is 32.7. The van der Waals surface area contributed by atoms with Crippen LogP contribution in [0.2, 0.25) is 0 Å². The van der Waals surface area contributed by atoms with Crippen molar-refractivity contribution in [1.29, 1.82) is 10.5 Å². The lowest BCUT2D eigenvalue weighted by atomic mass is 9.85. The molecule has 0 saturated carbocycles. The summed E-state index contributed by atoms with van der Waals surface area (Å²) in [4.78, 5) is 0. The SMILES string of the molecule is CC(C)(C)c1ccc(-c2c(-n3c4ccccc4c4ccccc43)c(C#N)c(-n3c4ccccc4c4cc(-c5ccccc5)c5c(c6c(n5-c5ccccc5)CCC=C6)c43)c(C#N)c2-n2c3ccccc3c3ccccc32)cc1. The number of allylic oxidation sites excluding steroid dienone is 1. The molecular weight excluding hydrogens is 949 g/mol. The average molecular weight is 999 g/mol. The van der Waals surface area contributed by atoms with Crippen molar-refractivity contribution in [3.8, 4) is 57.1 Å². The van der Waals surface area contributed by atoms with Gasteiger partial charge in [-0.3, -0.25) is 0 Å². The molecule has 0 saturated heterocycles. The van der Waals surface area contributed by atoms with Crippen molar-refractivity contribution in [2.45, 2.75) is 39.0 Å². The van der Waals surface area contributed by atoms with E-state index in [9.17, 15) is 10.5 Å². The number of nitriles is 2. The molecule has 0 radical (unpaired) electrons. The molecule has 0 bridgehead atoms. The van der Waals surface area contributed by atoms with Crippen molar-refractivity contribution in [3.63, 3.8) is 0 Å². The Balaban J connectivity index is 1.24. The molecule has 0 N–H and O–H groups in total. The maximum absolute atomic E-state index is 12.6. The smallest absolute Gasteiger partial charge is 0.104 e. The molecule has 6 heteroatoms. The van der Waals surface area contributed by atoms with Gasteiger partial charge in [-0.25, -0.2) is 0 Å². The van der Waals surface area contributed by atoms with Gasteiger partial charge < -0.3 is 18.3 Å². The van der Waals surface area contributed by atoms with Crippen molar-refractivity contribution < 1.29 is 0 Å². The van der Waals surface area contributed by atoms with Crippen LogP contribution in [-0.2, 0) is 11.8 Å². The molecule has 6 nitrogen and oxygen atoms in total. The zero-order valence-electron chi connectivity index (χ0n) is 43.5. The Bertz CT molecular complexity index is 4680. The fourth-order valence-electron chi connectivity index (χ4n) is 13.1. The Morgan fingerprint density at radius 3 is 1.36 bits per heavy atom. The zero-order valence-corrected chi connectivity index (χ0v) is 43.5. The van der Waals surface area contributed by atoms with Gasteiger partial charge in [0.05, 0.1) is 55.7 Å². The van der Waals surface area contributed by atoms with Gasteiger partial charge in [-0.15, -0.1) is 0 Å². The summed E-state index contributed by atoms with van der Waals surface area (Å²) in [6, 6.07) is 81.2. The molecule has 0 spiro atoms. The van der Waals surface area contributed by atoms with E-state index in [0.717, 1.165) is 123 Å². The molecule has 4 aromatic heterocycles. The number of hydrogen-bond donors (Lipinski definition) is 0. The van der Waals surface area contributed by atoms with Gasteiger partial charge in [-0.2, -0.15) is 10.5 Å². The van der Waals surface area contributed by atoms with Crippen LogP contribution in [0.15, 0.2) is 218 Å². The first-order valence-electron chi connectivity index (χ1n) is 26.9. The van der Waals surface area contributed by atoms with Crippen LogP contribution in [0.5, 0.6) is 0 Å². The highest BCUT2D eigenvalue weighted by atomic mass is 15.1. The summed E-state index contributed by atoms with van der Waals surface area (Å²) in [5.74, 6) is 0. The van der Waals surface area contributed by atoms with Gasteiger partial charge in [-0.1, -0.05) is 197 Å². The molecular formula is C72H50N6. The van der Waals surface area contributed by atoms with Gasteiger partial charge in [0.1, 0.15) is 23.3 Å². The molecule has 0 amide bonds. The normalized spacial score (nSPS) is 12.6. The molecule has 78 heavy (non-hydrogen) atoms. The molecule has 1 aliphatic rings. The molecule has 0 aliphatic heterocycles. The third kappa shape index (κ3) is 6.41. The molecule has 368 valence electrons. The van der Waals surface area contributed by atoms with E-state index in [1.165, 1.54) is 11.3 Å². The summed E-state index contributed by atoms with van der Waals surface area (Å²) in [7, 11) is 0. The average Bonchev–Trinajstić information content (AvgIpc) is 3.37. The maximum atomic E-state index is 12.6. The highest BCUT2D eigenvalue weighted by molar-refractivity contribution is 6.25. The van der Waals surface area contributed by atoms with E-state index in [2.05, 4.69) is 276 Å². The van der Waals surface area contributed by atoms with E-state index >= 15 is 0 Å². The van der Waals surface area contributed by atoms with Gasteiger partial charge in [0.25, 0.3) is 0 Å². The lowest BCUT2D eigenvalue weighted by molar-refractivity contribution is 0.590. The number of rotatable bonds is 6. The first-order valence-corrected chi connectivity index (χ1v) is 26.9. The predicted molar refractivity (Wildman–Crippen MR) is 323 cm³/mol. The van der Waals surface area contributed by atoms with Crippen molar-refractivity contribution in [2.24, 2.45) is 0 Å². The number of aromatic nitrogens is 4. The lowest BCUT2D eigenvalue weighted by Gasteiger charge is -2.27. The molecule has 0 fully saturated rings. The van der Waals surface area contributed by atoms with E-state index in [-0.39, 0.29) is 5.41 Å². The quantitative estimate of drug-likeness (QED) is 0.167. The van der Waals surface area contributed by atoms with Crippen LogP contribution in [-0.4, -0.2) is 18.3 Å². The zero-order chi connectivity index (χ0) is 52.4. The Hall–Kier alpha value is -10.1. The number of hydrogen-bond acceptors (Lipinski definition) is 2. The number of para-hydroxylation sites is 6. The second-order valence-corrected chi connectivity index (χ2v) is 21.7. The highest BCUT2D eigenvalue weighted by Gasteiger charge is 2.35. The Labute approximate surface area is 451 Å². The van der Waals surface area contributed by atoms with E-state index in [4.69, 9.17) is 0 Å². The standard InChI is InChI=1S/C72H50N6/c1-72(2,3)47-40-38-46(39-41-47)65-70(76-59-32-16-10-26-49(59)50-27-11-17-33-60(50)76)57(43-73)67(58(44-74)71(65)77-61-34-18-12-28-51(61)52-29-13-19-35-62(52)77)78-63-36-20-14-30-53(63)56-42-55(45-22-6-4-7-23-45)68-66(69(56)78)54-31-15-21-37-64(54)75(68)48-24-8-5-9-25-48/h4-20,22-36,38-42H,21,37H2,1-3H3. The minimum atomic E-state index is -0.126. The van der Waals surface area contributed by atoms with Crippen LogP contribution in [0.1, 0.15) is 55.1 Å². The van der Waals surface area contributed by atoms with E-state index in [1.54, 1.807) is 0 Å². The Morgan fingerprint density at radius 1 is 0.423 bits per heavy atom. The third-order valence-electron chi connectivity index (χ3n) is 16.5. The molecule has 15 rings (SSSR count). The number of nitrogens with zero attached hydrogens (tertiary/aromatic N) is 6. The summed E-state index contributed by atoms with van der Waals surface area (Å²) in [6.07, 6.45) is 6.36. The molecule has 1 aliphatic carbocycles. The van der Waals surface area contributed by atoms with Crippen LogP contribution < -0.4 is 0 Å². The van der Waals surface area contributed by atoms with Crippen LogP contribution >= 0.6 is 0 Å². The molecule has 0 unspecified atom stereocenters. The molecule has 14 aromatic rings. The summed E-state index contributed by atoms with van der Waals surface area (Å²) >= 11 is 0. The fourth-order valence-corrected chi connectivity index (χ4v) is 13.1. The second kappa shape index (κ2) is 17.2.